The van der Waals surface area contributed by atoms with Gasteiger partial charge >= 0.3 is 12.1 Å². The van der Waals surface area contributed by atoms with E-state index in [0.29, 0.717) is 0 Å². The molecule has 7 heteroatoms. The number of hydrogen-bond acceptors (Lipinski definition) is 4. The zero-order valence-corrected chi connectivity index (χ0v) is 18.7. The number of alkyl carbamates (subject to hydrolysis) is 1. The van der Waals surface area contributed by atoms with Crippen LogP contribution in [0.2, 0.25) is 0 Å². The summed E-state index contributed by atoms with van der Waals surface area (Å²) < 4.78 is 5.46. The zero-order chi connectivity index (χ0) is 23.3. The molecule has 2 amide bonds. The van der Waals surface area contributed by atoms with Gasteiger partial charge in [0.2, 0.25) is 5.91 Å². The summed E-state index contributed by atoms with van der Waals surface area (Å²) in [5, 5.41) is 14.4. The Labute approximate surface area is 188 Å². The Hall–Kier alpha value is -3.35. The molecule has 1 aliphatic carbocycles. The van der Waals surface area contributed by atoms with E-state index in [1.807, 2.05) is 69.3 Å². The fraction of sp³-hybridized carbons (Fsp3) is 0.400. The first kappa shape index (κ1) is 23.3. The average molecular weight is 439 g/mol. The summed E-state index contributed by atoms with van der Waals surface area (Å²) in [6.45, 7) is 5.80. The molecule has 0 saturated carbocycles. The first-order valence-corrected chi connectivity index (χ1v) is 10.9. The molecule has 0 spiro atoms. The Balaban J connectivity index is 1.67. The Morgan fingerprint density at radius 3 is 2.12 bits per heavy atom. The number of carboxylic acid groups (broad SMARTS) is 1. The third-order valence-corrected chi connectivity index (χ3v) is 5.67. The molecule has 170 valence electrons. The van der Waals surface area contributed by atoms with Crippen molar-refractivity contribution in [2.75, 3.05) is 6.61 Å². The molecule has 3 N–H and O–H groups in total. The highest BCUT2D eigenvalue weighted by atomic mass is 16.5. The van der Waals surface area contributed by atoms with Crippen molar-refractivity contribution in [2.45, 2.75) is 57.5 Å². The first-order chi connectivity index (χ1) is 15.2. The molecule has 1 unspecified atom stereocenters. The minimum absolute atomic E-state index is 0.0859. The van der Waals surface area contributed by atoms with Gasteiger partial charge in [0.05, 0.1) is 6.42 Å². The van der Waals surface area contributed by atoms with Crippen LogP contribution < -0.4 is 10.6 Å². The van der Waals surface area contributed by atoms with E-state index in [4.69, 9.17) is 4.74 Å². The SMILES string of the molecule is CCCC(C)(C)NC(=O)C(CC(=O)O)NC(=O)OCC1c2ccccc2-c2ccccc21. The van der Waals surface area contributed by atoms with Gasteiger partial charge in [0.25, 0.3) is 0 Å². The number of amides is 2. The van der Waals surface area contributed by atoms with E-state index in [9.17, 15) is 19.5 Å². The normalized spacial score (nSPS) is 13.6. The van der Waals surface area contributed by atoms with Crippen LogP contribution in [0.4, 0.5) is 4.79 Å². The van der Waals surface area contributed by atoms with Crippen LogP contribution in [0.3, 0.4) is 0 Å². The molecule has 0 bridgehead atoms. The maximum Gasteiger partial charge on any atom is 0.407 e. The maximum atomic E-state index is 12.6. The van der Waals surface area contributed by atoms with Crippen molar-refractivity contribution in [2.24, 2.45) is 0 Å². The molecule has 1 aliphatic rings. The van der Waals surface area contributed by atoms with Crippen LogP contribution in [0.25, 0.3) is 11.1 Å². The number of carboxylic acids is 1. The molecule has 0 aliphatic heterocycles. The molecular weight excluding hydrogens is 408 g/mol. The molecule has 3 rings (SSSR count). The monoisotopic (exact) mass is 438 g/mol. The maximum absolute atomic E-state index is 12.6. The van der Waals surface area contributed by atoms with Crippen molar-refractivity contribution >= 4 is 18.0 Å². The van der Waals surface area contributed by atoms with Crippen LogP contribution >= 0.6 is 0 Å². The highest BCUT2D eigenvalue weighted by Crippen LogP contribution is 2.44. The van der Waals surface area contributed by atoms with Gasteiger partial charge in [0, 0.05) is 11.5 Å². The lowest BCUT2D eigenvalue weighted by Crippen LogP contribution is -2.54. The number of carbonyl (C=O) groups is 3. The average Bonchev–Trinajstić information content (AvgIpc) is 3.05. The molecule has 0 heterocycles. The number of rotatable bonds is 9. The molecular formula is C25H30N2O5. The summed E-state index contributed by atoms with van der Waals surface area (Å²) in [5.41, 5.74) is 3.85. The summed E-state index contributed by atoms with van der Waals surface area (Å²) in [5.74, 6) is -1.85. The fourth-order valence-electron chi connectivity index (χ4n) is 4.27. The quantitative estimate of drug-likeness (QED) is 0.548. The summed E-state index contributed by atoms with van der Waals surface area (Å²) in [6.07, 6.45) is 0.236. The number of carbonyl (C=O) groups excluding carboxylic acids is 2. The van der Waals surface area contributed by atoms with E-state index in [0.717, 1.165) is 35.1 Å². The predicted octanol–water partition coefficient (Wildman–Crippen LogP) is 4.06. The van der Waals surface area contributed by atoms with Crippen molar-refractivity contribution in [3.8, 4) is 11.1 Å². The molecule has 0 aromatic heterocycles. The van der Waals surface area contributed by atoms with Crippen molar-refractivity contribution < 1.29 is 24.2 Å². The van der Waals surface area contributed by atoms with E-state index < -0.39 is 36.0 Å². The zero-order valence-electron chi connectivity index (χ0n) is 18.7. The fourth-order valence-corrected chi connectivity index (χ4v) is 4.27. The number of aliphatic carboxylic acids is 1. The van der Waals surface area contributed by atoms with Gasteiger partial charge in [-0.15, -0.1) is 0 Å². The summed E-state index contributed by atoms with van der Waals surface area (Å²) >= 11 is 0. The van der Waals surface area contributed by atoms with Crippen LogP contribution in [-0.2, 0) is 14.3 Å². The van der Waals surface area contributed by atoms with Crippen molar-refractivity contribution in [3.05, 3.63) is 59.7 Å². The van der Waals surface area contributed by atoms with Crippen molar-refractivity contribution in [1.29, 1.82) is 0 Å². The topological polar surface area (TPSA) is 105 Å². The summed E-state index contributed by atoms with van der Waals surface area (Å²) in [4.78, 5) is 36.4. The number of ether oxygens (including phenoxy) is 1. The van der Waals surface area contributed by atoms with Gasteiger partial charge in [-0.3, -0.25) is 9.59 Å². The largest absolute Gasteiger partial charge is 0.481 e. The van der Waals surface area contributed by atoms with Crippen molar-refractivity contribution in [3.63, 3.8) is 0 Å². The second-order valence-corrected chi connectivity index (χ2v) is 8.74. The van der Waals surface area contributed by atoms with Crippen LogP contribution in [0.15, 0.2) is 48.5 Å². The minimum Gasteiger partial charge on any atom is -0.481 e. The van der Waals surface area contributed by atoms with E-state index >= 15 is 0 Å². The van der Waals surface area contributed by atoms with Gasteiger partial charge in [-0.2, -0.15) is 0 Å². The lowest BCUT2D eigenvalue weighted by molar-refractivity contribution is -0.140. The van der Waals surface area contributed by atoms with Crippen LogP contribution in [-0.4, -0.2) is 41.3 Å². The van der Waals surface area contributed by atoms with Gasteiger partial charge < -0.3 is 20.5 Å². The first-order valence-electron chi connectivity index (χ1n) is 10.9. The van der Waals surface area contributed by atoms with Gasteiger partial charge in [0.15, 0.2) is 0 Å². The van der Waals surface area contributed by atoms with E-state index in [1.54, 1.807) is 0 Å². The molecule has 1 atom stereocenters. The van der Waals surface area contributed by atoms with Crippen LogP contribution in [0, 0.1) is 0 Å². The predicted molar refractivity (Wildman–Crippen MR) is 121 cm³/mol. The highest BCUT2D eigenvalue weighted by molar-refractivity contribution is 5.89. The summed E-state index contributed by atoms with van der Waals surface area (Å²) in [6, 6.07) is 14.7. The second-order valence-electron chi connectivity index (χ2n) is 8.74. The Morgan fingerprint density at radius 2 is 1.59 bits per heavy atom. The van der Waals surface area contributed by atoms with Gasteiger partial charge in [-0.1, -0.05) is 61.9 Å². The Morgan fingerprint density at radius 1 is 1.03 bits per heavy atom. The highest BCUT2D eigenvalue weighted by Gasteiger charge is 2.31. The van der Waals surface area contributed by atoms with Gasteiger partial charge in [-0.05, 0) is 42.5 Å². The number of benzene rings is 2. The number of fused-ring (bicyclic) bond motifs is 3. The Bertz CT molecular complexity index is 956. The second kappa shape index (κ2) is 9.85. The smallest absolute Gasteiger partial charge is 0.407 e. The van der Waals surface area contributed by atoms with Crippen LogP contribution in [0.1, 0.15) is 57.1 Å². The molecule has 0 saturated heterocycles. The molecule has 7 nitrogen and oxygen atoms in total. The Kier molecular flexibility index (Phi) is 7.18. The van der Waals surface area contributed by atoms with Gasteiger partial charge in [-0.25, -0.2) is 4.79 Å². The van der Waals surface area contributed by atoms with E-state index in [1.165, 1.54) is 0 Å². The molecule has 32 heavy (non-hydrogen) atoms. The van der Waals surface area contributed by atoms with Crippen LogP contribution in [0.5, 0.6) is 0 Å². The number of nitrogens with one attached hydrogen (secondary N) is 2. The standard InChI is InChI=1S/C25H30N2O5/c1-4-13-25(2,3)27-23(30)21(14-22(28)29)26-24(31)32-15-20-18-11-7-5-9-16(18)17-10-6-8-12-19(17)20/h5-12,20-21H,4,13-15H2,1-3H3,(H,26,31)(H,27,30)(H,28,29). The molecule has 0 radical (unpaired) electrons. The molecule has 2 aromatic rings. The third-order valence-electron chi connectivity index (χ3n) is 5.67. The lowest BCUT2D eigenvalue weighted by Gasteiger charge is -2.28. The molecule has 0 fully saturated rings. The third kappa shape index (κ3) is 5.46. The van der Waals surface area contributed by atoms with Gasteiger partial charge in [0.1, 0.15) is 12.6 Å². The minimum atomic E-state index is -1.22. The molecule has 2 aromatic carbocycles. The van der Waals surface area contributed by atoms with E-state index in [-0.39, 0.29) is 12.5 Å². The van der Waals surface area contributed by atoms with E-state index in [2.05, 4.69) is 10.6 Å². The van der Waals surface area contributed by atoms with Crippen molar-refractivity contribution in [1.82, 2.24) is 10.6 Å². The number of hydrogen-bond donors (Lipinski definition) is 3. The summed E-state index contributed by atoms with van der Waals surface area (Å²) in [7, 11) is 0. The lowest BCUT2D eigenvalue weighted by atomic mass is 9.98.